The van der Waals surface area contributed by atoms with Gasteiger partial charge in [-0.25, -0.2) is 0 Å². The molecule has 1 N–H and O–H groups in total. The third-order valence-corrected chi connectivity index (χ3v) is 6.66. The highest BCUT2D eigenvalue weighted by molar-refractivity contribution is 5.90. The number of hydrogen-bond acceptors (Lipinski definition) is 0. The molecule has 27 heavy (non-hydrogen) atoms. The van der Waals surface area contributed by atoms with Crippen molar-refractivity contribution in [2.45, 2.75) is 40.0 Å². The zero-order chi connectivity index (χ0) is 18.7. The largest absolute Gasteiger partial charge is 0.361 e. The minimum absolute atomic E-state index is 0.411. The van der Waals surface area contributed by atoms with Crippen LogP contribution in [0, 0.1) is 27.7 Å². The van der Waals surface area contributed by atoms with Crippen LogP contribution in [0.15, 0.2) is 54.8 Å². The van der Waals surface area contributed by atoms with Crippen molar-refractivity contribution in [1.29, 1.82) is 0 Å². The van der Waals surface area contributed by atoms with Crippen molar-refractivity contribution in [2.24, 2.45) is 0 Å². The second-order valence-electron chi connectivity index (χ2n) is 7.97. The van der Waals surface area contributed by atoms with E-state index in [0.29, 0.717) is 5.92 Å². The van der Waals surface area contributed by atoms with E-state index in [-0.39, 0.29) is 0 Å². The summed E-state index contributed by atoms with van der Waals surface area (Å²) >= 11 is 0. The van der Waals surface area contributed by atoms with Gasteiger partial charge in [-0.2, -0.15) is 0 Å². The van der Waals surface area contributed by atoms with Gasteiger partial charge < -0.3 is 4.98 Å². The zero-order valence-electron chi connectivity index (χ0n) is 16.5. The van der Waals surface area contributed by atoms with E-state index in [1.165, 1.54) is 61.3 Å². The number of aromatic amines is 1. The Morgan fingerprint density at radius 3 is 2.22 bits per heavy atom. The molecule has 0 atom stereocenters. The fourth-order valence-corrected chi connectivity index (χ4v) is 5.07. The number of aromatic nitrogens is 1. The molecule has 2 aliphatic carbocycles. The van der Waals surface area contributed by atoms with Gasteiger partial charge in [-0.05, 0) is 96.3 Å². The maximum atomic E-state index is 3.45. The predicted molar refractivity (Wildman–Crippen MR) is 114 cm³/mol. The number of benzene rings is 2. The summed E-state index contributed by atoms with van der Waals surface area (Å²) in [5.41, 5.74) is 15.7. The summed E-state index contributed by atoms with van der Waals surface area (Å²) in [5, 5.41) is 0. The van der Waals surface area contributed by atoms with Crippen LogP contribution in [0.2, 0.25) is 0 Å². The third-order valence-electron chi connectivity index (χ3n) is 6.66. The van der Waals surface area contributed by atoms with Crippen LogP contribution in [-0.4, -0.2) is 4.98 Å². The maximum absolute atomic E-state index is 3.45. The van der Waals surface area contributed by atoms with Crippen molar-refractivity contribution in [3.8, 4) is 22.4 Å². The average Bonchev–Trinajstić information content (AvgIpc) is 3.40. The summed E-state index contributed by atoms with van der Waals surface area (Å²) < 4.78 is 0. The molecule has 1 heterocycles. The first kappa shape index (κ1) is 16.4. The Bertz CT molecular complexity index is 1110. The molecule has 5 rings (SSSR count). The summed E-state index contributed by atoms with van der Waals surface area (Å²) in [5.74, 6) is 0.411. The lowest BCUT2D eigenvalue weighted by molar-refractivity contribution is 1.07. The topological polar surface area (TPSA) is 15.8 Å². The fourth-order valence-electron chi connectivity index (χ4n) is 5.07. The molecule has 2 aliphatic rings. The highest BCUT2D eigenvalue weighted by Gasteiger charge is 2.29. The third kappa shape index (κ3) is 2.24. The van der Waals surface area contributed by atoms with Crippen molar-refractivity contribution in [3.63, 3.8) is 0 Å². The average molecular weight is 351 g/mol. The molecule has 1 heteroatoms. The minimum atomic E-state index is 0.411. The first-order chi connectivity index (χ1) is 13.1. The van der Waals surface area contributed by atoms with Crippen LogP contribution in [0.5, 0.6) is 0 Å². The Labute approximate surface area is 161 Å². The number of fused-ring (bicyclic) bond motifs is 3. The molecule has 0 saturated carbocycles. The smallest absolute Gasteiger partial charge is 0.0459 e. The first-order valence-corrected chi connectivity index (χ1v) is 9.82. The second-order valence-corrected chi connectivity index (χ2v) is 7.97. The van der Waals surface area contributed by atoms with Gasteiger partial charge in [0.25, 0.3) is 0 Å². The van der Waals surface area contributed by atoms with Gasteiger partial charge in [0.1, 0.15) is 0 Å². The molecule has 3 aromatic rings. The predicted octanol–water partition coefficient (Wildman–Crippen LogP) is 6.70. The molecule has 0 fully saturated rings. The Kier molecular flexibility index (Phi) is 3.55. The van der Waals surface area contributed by atoms with Gasteiger partial charge in [0, 0.05) is 23.4 Å². The van der Waals surface area contributed by atoms with Gasteiger partial charge in [-0.1, -0.05) is 36.4 Å². The van der Waals surface area contributed by atoms with Gasteiger partial charge in [0.15, 0.2) is 0 Å². The van der Waals surface area contributed by atoms with Crippen molar-refractivity contribution in [1.82, 2.24) is 4.98 Å². The summed E-state index contributed by atoms with van der Waals surface area (Å²) in [6, 6.07) is 9.00. The minimum Gasteiger partial charge on any atom is -0.361 e. The van der Waals surface area contributed by atoms with Gasteiger partial charge in [0.2, 0.25) is 0 Å². The molecule has 134 valence electrons. The van der Waals surface area contributed by atoms with Gasteiger partial charge in [-0.15, -0.1) is 0 Å². The van der Waals surface area contributed by atoms with E-state index >= 15 is 0 Å². The molecule has 0 unspecified atom stereocenters. The molecule has 0 spiro atoms. The number of hydrogen-bond donors (Lipinski definition) is 1. The van der Waals surface area contributed by atoms with Crippen LogP contribution in [-0.2, 0) is 6.42 Å². The molecule has 0 saturated heterocycles. The molecule has 2 aromatic carbocycles. The maximum Gasteiger partial charge on any atom is 0.0459 e. The van der Waals surface area contributed by atoms with Crippen LogP contribution in [0.3, 0.4) is 0 Å². The Balaban J connectivity index is 1.81. The molecule has 0 bridgehead atoms. The summed E-state index contributed by atoms with van der Waals surface area (Å²) in [6.45, 7) is 9.16. The molecular weight excluding hydrogens is 326 g/mol. The van der Waals surface area contributed by atoms with Crippen LogP contribution < -0.4 is 0 Å². The summed E-state index contributed by atoms with van der Waals surface area (Å²) in [7, 11) is 0. The van der Waals surface area contributed by atoms with E-state index in [1.54, 1.807) is 0 Å². The lowest BCUT2D eigenvalue weighted by atomic mass is 9.84. The van der Waals surface area contributed by atoms with E-state index in [0.717, 1.165) is 6.42 Å². The molecular formula is C26H25N. The molecule has 1 aromatic heterocycles. The molecule has 0 amide bonds. The summed E-state index contributed by atoms with van der Waals surface area (Å²) in [6.07, 6.45) is 12.0. The fraction of sp³-hybridized carbons (Fsp3) is 0.231. The number of rotatable bonds is 2. The zero-order valence-corrected chi connectivity index (χ0v) is 16.5. The Hall–Kier alpha value is -2.80. The SMILES string of the molecule is Cc1c(C)c(-c2ccc[nH]2)c2c(c1C)-c1c(ccc(C3C=CC=C3)c1C)C2. The van der Waals surface area contributed by atoms with Crippen molar-refractivity contribution in [3.05, 3.63) is 93.7 Å². The first-order valence-electron chi connectivity index (χ1n) is 9.82. The van der Waals surface area contributed by atoms with E-state index in [4.69, 9.17) is 0 Å². The number of nitrogens with one attached hydrogen (secondary N) is 1. The highest BCUT2D eigenvalue weighted by atomic mass is 14.7. The van der Waals surface area contributed by atoms with Crippen LogP contribution in [0.1, 0.15) is 44.9 Å². The second kappa shape index (κ2) is 5.85. The van der Waals surface area contributed by atoms with Crippen molar-refractivity contribution in [2.75, 3.05) is 0 Å². The van der Waals surface area contributed by atoms with Gasteiger partial charge >= 0.3 is 0 Å². The van der Waals surface area contributed by atoms with Crippen LogP contribution in [0.4, 0.5) is 0 Å². The van der Waals surface area contributed by atoms with Crippen LogP contribution >= 0.6 is 0 Å². The van der Waals surface area contributed by atoms with E-state index in [2.05, 4.69) is 81.2 Å². The molecule has 1 nitrogen and oxygen atoms in total. The normalized spacial score (nSPS) is 14.8. The van der Waals surface area contributed by atoms with Crippen molar-refractivity contribution < 1.29 is 0 Å². The quantitative estimate of drug-likeness (QED) is 0.414. The van der Waals surface area contributed by atoms with E-state index in [9.17, 15) is 0 Å². The number of allylic oxidation sites excluding steroid dienone is 4. The van der Waals surface area contributed by atoms with Crippen LogP contribution in [0.25, 0.3) is 22.4 Å². The summed E-state index contributed by atoms with van der Waals surface area (Å²) in [4.78, 5) is 3.45. The van der Waals surface area contributed by atoms with Gasteiger partial charge in [-0.3, -0.25) is 0 Å². The standard InChI is InChI=1S/C26H25N/c1-15-16(2)25(23-10-7-13-27-23)22-14-20-11-12-21(19-8-5-6-9-19)18(4)24(20)26(22)17(15)3/h5-13,19,27H,14H2,1-4H3. The van der Waals surface area contributed by atoms with Crippen molar-refractivity contribution >= 4 is 0 Å². The van der Waals surface area contributed by atoms with E-state index in [1.807, 2.05) is 6.20 Å². The lowest BCUT2D eigenvalue weighted by Crippen LogP contribution is -2.00. The monoisotopic (exact) mass is 351 g/mol. The highest BCUT2D eigenvalue weighted by Crippen LogP contribution is 2.49. The number of H-pyrrole nitrogens is 1. The van der Waals surface area contributed by atoms with Gasteiger partial charge in [0.05, 0.1) is 0 Å². The lowest BCUT2D eigenvalue weighted by Gasteiger charge is -2.20. The van der Waals surface area contributed by atoms with E-state index < -0.39 is 0 Å². The Morgan fingerprint density at radius 1 is 0.778 bits per heavy atom. The molecule has 0 radical (unpaired) electrons. The molecule has 0 aliphatic heterocycles. The Morgan fingerprint density at radius 2 is 1.52 bits per heavy atom.